The molecule has 1 atom stereocenters. The number of unbranched alkanes of at least 4 members (excludes halogenated alkanes) is 38. The van der Waals surface area contributed by atoms with Gasteiger partial charge >= 0.3 is 11.9 Å². The van der Waals surface area contributed by atoms with Crippen molar-refractivity contribution in [1.82, 2.24) is 0 Å². The molecule has 0 aliphatic rings. The lowest BCUT2D eigenvalue weighted by molar-refractivity contribution is -0.163. The first-order valence-corrected chi connectivity index (χ1v) is 29.5. The Morgan fingerprint density at radius 1 is 0.333 bits per heavy atom. The van der Waals surface area contributed by atoms with Gasteiger partial charge in [-0.05, 0) is 77.0 Å². The highest BCUT2D eigenvalue weighted by Gasteiger charge is 2.17. The molecule has 0 radical (unpaired) electrons. The number of hydrogen-bond donors (Lipinski definition) is 0. The van der Waals surface area contributed by atoms with E-state index >= 15 is 0 Å². The van der Waals surface area contributed by atoms with Crippen molar-refractivity contribution in [2.45, 2.75) is 322 Å². The van der Waals surface area contributed by atoms with E-state index in [1.165, 1.54) is 225 Å². The maximum absolute atomic E-state index is 12.9. The van der Waals surface area contributed by atoms with Crippen molar-refractivity contribution in [2.24, 2.45) is 0 Å². The lowest BCUT2D eigenvalue weighted by Gasteiger charge is -2.18. The van der Waals surface area contributed by atoms with Crippen molar-refractivity contribution >= 4 is 11.9 Å². The molecule has 0 heterocycles. The fourth-order valence-electron chi connectivity index (χ4n) is 8.71. The molecule has 1 unspecified atom stereocenters. The van der Waals surface area contributed by atoms with E-state index in [9.17, 15) is 9.59 Å². The third-order valence-corrected chi connectivity index (χ3v) is 13.1. The fourth-order valence-corrected chi connectivity index (χ4v) is 8.71. The summed E-state index contributed by atoms with van der Waals surface area (Å²) in [5.41, 5.74) is 0. The summed E-state index contributed by atoms with van der Waals surface area (Å²) in [6, 6.07) is 0. The van der Waals surface area contributed by atoms with Crippen LogP contribution >= 0.6 is 0 Å². The van der Waals surface area contributed by atoms with Gasteiger partial charge in [0.05, 0.1) is 6.61 Å². The van der Waals surface area contributed by atoms with Gasteiger partial charge in [-0.3, -0.25) is 9.59 Å². The van der Waals surface area contributed by atoms with E-state index in [0.717, 1.165) is 57.8 Å². The monoisotopic (exact) mass is 927 g/mol. The quantitative estimate of drug-likeness (QED) is 0.0345. The van der Waals surface area contributed by atoms with E-state index in [4.69, 9.17) is 14.2 Å². The maximum Gasteiger partial charge on any atom is 0.306 e. The molecular weight excluding hydrogens is 813 g/mol. The van der Waals surface area contributed by atoms with Crippen LogP contribution < -0.4 is 0 Å². The molecule has 0 aliphatic heterocycles. The zero-order valence-electron chi connectivity index (χ0n) is 44.7. The first-order valence-electron chi connectivity index (χ1n) is 29.5. The molecule has 5 heteroatoms. The van der Waals surface area contributed by atoms with Gasteiger partial charge in [0.15, 0.2) is 6.10 Å². The Kier molecular flexibility index (Phi) is 55.8. The van der Waals surface area contributed by atoms with Crippen LogP contribution in [-0.2, 0) is 23.8 Å². The van der Waals surface area contributed by atoms with Gasteiger partial charge in [-0.25, -0.2) is 0 Å². The van der Waals surface area contributed by atoms with E-state index in [2.05, 4.69) is 57.2 Å². The van der Waals surface area contributed by atoms with Crippen LogP contribution in [0.15, 0.2) is 36.5 Å². The highest BCUT2D eigenvalue weighted by Crippen LogP contribution is 2.16. The van der Waals surface area contributed by atoms with Gasteiger partial charge in [-0.2, -0.15) is 0 Å². The Balaban J connectivity index is 4.25. The van der Waals surface area contributed by atoms with Gasteiger partial charge < -0.3 is 14.2 Å². The predicted molar refractivity (Wildman–Crippen MR) is 288 cm³/mol. The minimum atomic E-state index is -0.541. The molecule has 0 aromatic heterocycles. The van der Waals surface area contributed by atoms with E-state index in [0.29, 0.717) is 19.4 Å². The lowest BCUT2D eigenvalue weighted by atomic mass is 10.0. The second-order valence-corrected chi connectivity index (χ2v) is 19.9. The number of esters is 2. The van der Waals surface area contributed by atoms with Crippen molar-refractivity contribution in [2.75, 3.05) is 19.8 Å². The Bertz CT molecular complexity index is 1050. The lowest BCUT2D eigenvalue weighted by Crippen LogP contribution is -2.30. The van der Waals surface area contributed by atoms with Gasteiger partial charge in [-0.15, -0.1) is 0 Å². The summed E-state index contributed by atoms with van der Waals surface area (Å²) in [5, 5.41) is 0. The van der Waals surface area contributed by atoms with Crippen LogP contribution in [0.25, 0.3) is 0 Å². The number of carbonyl (C=O) groups is 2. The van der Waals surface area contributed by atoms with Crippen molar-refractivity contribution in [1.29, 1.82) is 0 Å². The average molecular weight is 928 g/mol. The number of carbonyl (C=O) groups excluding carboxylic acids is 2. The largest absolute Gasteiger partial charge is 0.462 e. The molecule has 0 aliphatic carbocycles. The summed E-state index contributed by atoms with van der Waals surface area (Å²) in [4.78, 5) is 25.5. The molecular formula is C61H114O5. The molecule has 0 fully saturated rings. The molecule has 0 rings (SSSR count). The van der Waals surface area contributed by atoms with Crippen LogP contribution in [0.4, 0.5) is 0 Å². The molecule has 0 spiro atoms. The third kappa shape index (κ3) is 54.7. The fraction of sp³-hybridized carbons (Fsp3) is 0.869. The van der Waals surface area contributed by atoms with E-state index in [1.807, 2.05) is 0 Å². The van der Waals surface area contributed by atoms with Gasteiger partial charge in [0.2, 0.25) is 0 Å². The topological polar surface area (TPSA) is 61.8 Å². The summed E-state index contributed by atoms with van der Waals surface area (Å²) in [7, 11) is 0. The summed E-state index contributed by atoms with van der Waals surface area (Å²) >= 11 is 0. The van der Waals surface area contributed by atoms with Crippen molar-refractivity contribution < 1.29 is 23.8 Å². The molecule has 0 aromatic carbocycles. The highest BCUT2D eigenvalue weighted by molar-refractivity contribution is 5.70. The maximum atomic E-state index is 12.9. The normalized spacial score (nSPS) is 12.3. The van der Waals surface area contributed by atoms with Crippen molar-refractivity contribution in [3.05, 3.63) is 36.5 Å². The number of allylic oxidation sites excluding steroid dienone is 6. The Hall–Kier alpha value is -1.88. The standard InChI is InChI=1S/C61H114O5/c1-4-7-10-13-16-19-22-25-28-30-32-35-38-41-44-47-50-53-56-64-57-59(66-61(63)55-52-49-46-43-40-37-33-27-24-21-18-15-12-9-6-3)58-65-60(62)54-51-48-45-42-39-36-34-31-29-26-23-20-17-14-11-8-5-2/h18,21,25,27-28,33,59H,4-17,19-20,22-24,26,29-32,34-58H2,1-3H3/b21-18-,28-25-,33-27-. The first kappa shape index (κ1) is 64.1. The van der Waals surface area contributed by atoms with E-state index in [1.54, 1.807) is 0 Å². The minimum Gasteiger partial charge on any atom is -0.462 e. The number of rotatable bonds is 55. The molecule has 5 nitrogen and oxygen atoms in total. The molecule has 0 N–H and O–H groups in total. The Morgan fingerprint density at radius 3 is 1.05 bits per heavy atom. The van der Waals surface area contributed by atoms with Gasteiger partial charge in [0, 0.05) is 19.4 Å². The van der Waals surface area contributed by atoms with Crippen LogP contribution in [0.5, 0.6) is 0 Å². The second-order valence-electron chi connectivity index (χ2n) is 19.9. The predicted octanol–water partition coefficient (Wildman–Crippen LogP) is 20.1. The van der Waals surface area contributed by atoms with E-state index in [-0.39, 0.29) is 25.2 Å². The van der Waals surface area contributed by atoms with Crippen molar-refractivity contribution in [3.63, 3.8) is 0 Å². The van der Waals surface area contributed by atoms with Gasteiger partial charge in [-0.1, -0.05) is 263 Å². The molecule has 66 heavy (non-hydrogen) atoms. The second kappa shape index (κ2) is 57.4. The van der Waals surface area contributed by atoms with Crippen LogP contribution in [0, 0.1) is 0 Å². The SMILES string of the molecule is CCCCC/C=C\C/C=C\CCCCCCCC(=O)OC(COCCCCCCCCCC/C=C\CCCCCCCC)COC(=O)CCCCCCCCCCCCCCCCCCC. The zero-order chi connectivity index (χ0) is 47.7. The van der Waals surface area contributed by atoms with Crippen LogP contribution in [0.3, 0.4) is 0 Å². The summed E-state index contributed by atoms with van der Waals surface area (Å²) in [6.45, 7) is 7.84. The van der Waals surface area contributed by atoms with Gasteiger partial charge in [0.25, 0.3) is 0 Å². The highest BCUT2D eigenvalue weighted by atomic mass is 16.6. The molecule has 0 saturated heterocycles. The van der Waals surface area contributed by atoms with Gasteiger partial charge in [0.1, 0.15) is 6.61 Å². The third-order valence-electron chi connectivity index (χ3n) is 13.1. The van der Waals surface area contributed by atoms with Crippen LogP contribution in [0.2, 0.25) is 0 Å². The first-order chi connectivity index (χ1) is 32.6. The number of hydrogen-bond acceptors (Lipinski definition) is 5. The molecule has 0 aromatic rings. The van der Waals surface area contributed by atoms with Crippen molar-refractivity contribution in [3.8, 4) is 0 Å². The smallest absolute Gasteiger partial charge is 0.306 e. The molecule has 388 valence electrons. The Labute approximate surface area is 412 Å². The zero-order valence-corrected chi connectivity index (χ0v) is 44.7. The van der Waals surface area contributed by atoms with Crippen LogP contribution in [0.1, 0.15) is 316 Å². The summed E-state index contributed by atoms with van der Waals surface area (Å²) in [6.07, 6.45) is 70.2. The molecule has 0 bridgehead atoms. The van der Waals surface area contributed by atoms with E-state index < -0.39 is 6.10 Å². The number of ether oxygens (including phenoxy) is 3. The minimum absolute atomic E-state index is 0.0839. The molecule has 0 saturated carbocycles. The molecule has 0 amide bonds. The summed E-state index contributed by atoms with van der Waals surface area (Å²) in [5.74, 6) is -0.395. The van der Waals surface area contributed by atoms with Crippen LogP contribution in [-0.4, -0.2) is 37.9 Å². The Morgan fingerprint density at radius 2 is 0.636 bits per heavy atom. The average Bonchev–Trinajstić information content (AvgIpc) is 3.32. The summed E-state index contributed by atoms with van der Waals surface area (Å²) < 4.78 is 17.5.